The van der Waals surface area contributed by atoms with E-state index >= 15 is 0 Å². The van der Waals surface area contributed by atoms with E-state index in [-0.39, 0.29) is 10.5 Å². The van der Waals surface area contributed by atoms with E-state index < -0.39 is 33.0 Å². The van der Waals surface area contributed by atoms with Crippen LogP contribution in [-0.2, 0) is 10.0 Å². The number of hydrogen-bond donors (Lipinski definition) is 1. The standard InChI is InChI=1S/C15H13F2NO3S/c16-12-5-6-13(19)15(17)14(12)10-3-1-4-11(9-10)22(20,21)18-7-2-8-18/h1,3-6,9,19H,2,7-8H2. The summed E-state index contributed by atoms with van der Waals surface area (Å²) in [7, 11) is -3.64. The van der Waals surface area contributed by atoms with Gasteiger partial charge in [-0.1, -0.05) is 12.1 Å². The minimum Gasteiger partial charge on any atom is -0.505 e. The fraction of sp³-hybridized carbons (Fsp3) is 0.200. The zero-order valence-electron chi connectivity index (χ0n) is 11.5. The fourth-order valence-electron chi connectivity index (χ4n) is 2.29. The summed E-state index contributed by atoms with van der Waals surface area (Å²) in [6.45, 7) is 0.892. The highest BCUT2D eigenvalue weighted by Crippen LogP contribution is 2.33. The highest BCUT2D eigenvalue weighted by atomic mass is 32.2. The Labute approximate surface area is 126 Å². The number of rotatable bonds is 3. The van der Waals surface area contributed by atoms with E-state index in [4.69, 9.17) is 0 Å². The summed E-state index contributed by atoms with van der Waals surface area (Å²) in [6, 6.07) is 7.27. The number of halogens is 2. The van der Waals surface area contributed by atoms with E-state index in [2.05, 4.69) is 0 Å². The lowest BCUT2D eigenvalue weighted by Crippen LogP contribution is -2.41. The lowest BCUT2D eigenvalue weighted by atomic mass is 10.0. The van der Waals surface area contributed by atoms with Gasteiger partial charge in [0.15, 0.2) is 11.6 Å². The summed E-state index contributed by atoms with van der Waals surface area (Å²) >= 11 is 0. The Morgan fingerprint density at radius 3 is 2.45 bits per heavy atom. The van der Waals surface area contributed by atoms with Crippen LogP contribution in [0.5, 0.6) is 5.75 Å². The normalized spacial score (nSPS) is 15.5. The van der Waals surface area contributed by atoms with Crippen molar-refractivity contribution in [3.63, 3.8) is 0 Å². The first kappa shape index (κ1) is 14.9. The Bertz CT molecular complexity index is 833. The van der Waals surface area contributed by atoms with Gasteiger partial charge in [0, 0.05) is 13.1 Å². The first-order valence-electron chi connectivity index (χ1n) is 6.69. The lowest BCUT2D eigenvalue weighted by Gasteiger charge is -2.29. The predicted octanol–water partition coefficient (Wildman–Crippen LogP) is 2.73. The van der Waals surface area contributed by atoms with Gasteiger partial charge in [0.1, 0.15) is 5.82 Å². The largest absolute Gasteiger partial charge is 0.505 e. The highest BCUT2D eigenvalue weighted by molar-refractivity contribution is 7.89. The highest BCUT2D eigenvalue weighted by Gasteiger charge is 2.29. The van der Waals surface area contributed by atoms with E-state index in [0.717, 1.165) is 18.6 Å². The predicted molar refractivity (Wildman–Crippen MR) is 76.8 cm³/mol. The first-order valence-corrected chi connectivity index (χ1v) is 8.13. The number of phenols is 1. The van der Waals surface area contributed by atoms with Crippen LogP contribution < -0.4 is 0 Å². The first-order chi connectivity index (χ1) is 10.4. The summed E-state index contributed by atoms with van der Waals surface area (Å²) in [5.41, 5.74) is -0.381. The van der Waals surface area contributed by atoms with E-state index in [1.54, 1.807) is 0 Å². The summed E-state index contributed by atoms with van der Waals surface area (Å²) in [4.78, 5) is -0.0214. The molecule has 0 aliphatic carbocycles. The quantitative estimate of drug-likeness (QED) is 0.944. The Morgan fingerprint density at radius 1 is 1.09 bits per heavy atom. The summed E-state index contributed by atoms with van der Waals surface area (Å²) in [6.07, 6.45) is 0.800. The van der Waals surface area contributed by atoms with Crippen molar-refractivity contribution in [1.82, 2.24) is 4.31 Å². The summed E-state index contributed by atoms with van der Waals surface area (Å²) in [5, 5.41) is 9.38. The number of phenolic OH excluding ortho intramolecular Hbond substituents is 1. The molecular weight excluding hydrogens is 312 g/mol. The third-order valence-electron chi connectivity index (χ3n) is 3.65. The molecule has 4 nitrogen and oxygen atoms in total. The maximum atomic E-state index is 14.0. The molecule has 2 aromatic carbocycles. The molecule has 0 unspecified atom stereocenters. The Morgan fingerprint density at radius 2 is 1.82 bits per heavy atom. The van der Waals surface area contributed by atoms with E-state index in [9.17, 15) is 22.3 Å². The Balaban J connectivity index is 2.11. The molecule has 0 spiro atoms. The second-order valence-corrected chi connectivity index (χ2v) is 6.98. The minimum atomic E-state index is -3.64. The number of aromatic hydroxyl groups is 1. The van der Waals surface area contributed by atoms with Gasteiger partial charge in [-0.15, -0.1) is 0 Å². The van der Waals surface area contributed by atoms with Gasteiger partial charge in [-0.25, -0.2) is 17.2 Å². The molecular formula is C15H13F2NO3S. The van der Waals surface area contributed by atoms with Crippen molar-refractivity contribution in [2.75, 3.05) is 13.1 Å². The van der Waals surface area contributed by atoms with Crippen molar-refractivity contribution in [3.05, 3.63) is 48.0 Å². The van der Waals surface area contributed by atoms with Gasteiger partial charge in [-0.2, -0.15) is 4.31 Å². The molecule has 1 N–H and O–H groups in total. The molecule has 22 heavy (non-hydrogen) atoms. The molecule has 0 bridgehead atoms. The van der Waals surface area contributed by atoms with E-state index in [1.165, 1.54) is 28.6 Å². The van der Waals surface area contributed by atoms with Gasteiger partial charge in [-0.05, 0) is 36.2 Å². The van der Waals surface area contributed by atoms with Crippen LogP contribution in [0.2, 0.25) is 0 Å². The van der Waals surface area contributed by atoms with Crippen LogP contribution in [0.15, 0.2) is 41.3 Å². The van der Waals surface area contributed by atoms with Crippen LogP contribution in [-0.4, -0.2) is 30.9 Å². The summed E-state index contributed by atoms with van der Waals surface area (Å²) < 4.78 is 53.8. The molecule has 0 atom stereocenters. The van der Waals surface area contributed by atoms with Crippen molar-refractivity contribution < 1.29 is 22.3 Å². The second kappa shape index (κ2) is 5.33. The molecule has 0 radical (unpaired) electrons. The number of benzene rings is 2. The van der Waals surface area contributed by atoms with E-state index in [0.29, 0.717) is 13.1 Å². The van der Waals surface area contributed by atoms with Gasteiger partial charge < -0.3 is 5.11 Å². The molecule has 3 rings (SSSR count). The average Bonchev–Trinajstić information content (AvgIpc) is 2.41. The average molecular weight is 325 g/mol. The van der Waals surface area contributed by atoms with Crippen molar-refractivity contribution >= 4 is 10.0 Å². The van der Waals surface area contributed by atoms with Crippen molar-refractivity contribution in [1.29, 1.82) is 0 Å². The molecule has 116 valence electrons. The topological polar surface area (TPSA) is 57.6 Å². The van der Waals surface area contributed by atoms with Crippen molar-refractivity contribution in [2.45, 2.75) is 11.3 Å². The van der Waals surface area contributed by atoms with Crippen LogP contribution >= 0.6 is 0 Å². The number of sulfonamides is 1. The van der Waals surface area contributed by atoms with Crippen LogP contribution in [0.25, 0.3) is 11.1 Å². The monoisotopic (exact) mass is 325 g/mol. The van der Waals surface area contributed by atoms with Gasteiger partial charge >= 0.3 is 0 Å². The third kappa shape index (κ3) is 2.36. The Kier molecular flexibility index (Phi) is 3.62. The zero-order valence-corrected chi connectivity index (χ0v) is 12.3. The van der Waals surface area contributed by atoms with Crippen molar-refractivity contribution in [2.24, 2.45) is 0 Å². The molecule has 0 amide bonds. The smallest absolute Gasteiger partial charge is 0.243 e. The maximum absolute atomic E-state index is 14.0. The molecule has 2 aromatic rings. The molecule has 1 aliphatic heterocycles. The van der Waals surface area contributed by atoms with Gasteiger partial charge in [-0.3, -0.25) is 0 Å². The summed E-state index contributed by atoms with van der Waals surface area (Å²) in [5.74, 6) is -2.67. The zero-order chi connectivity index (χ0) is 15.9. The van der Waals surface area contributed by atoms with Gasteiger partial charge in [0.2, 0.25) is 10.0 Å². The maximum Gasteiger partial charge on any atom is 0.243 e. The SMILES string of the molecule is O=S(=O)(c1cccc(-c2c(F)ccc(O)c2F)c1)N1CCC1. The minimum absolute atomic E-state index is 0.0214. The van der Waals surface area contributed by atoms with Crippen LogP contribution in [0.1, 0.15) is 6.42 Å². The Hall–Kier alpha value is -1.99. The molecule has 1 heterocycles. The molecule has 1 fully saturated rings. The second-order valence-electron chi connectivity index (χ2n) is 5.04. The van der Waals surface area contributed by atoms with Gasteiger partial charge in [0.05, 0.1) is 10.5 Å². The molecule has 7 heteroatoms. The van der Waals surface area contributed by atoms with Crippen molar-refractivity contribution in [3.8, 4) is 16.9 Å². The molecule has 1 saturated heterocycles. The molecule has 1 aliphatic rings. The molecule has 0 saturated carbocycles. The number of hydrogen-bond acceptors (Lipinski definition) is 3. The molecule has 0 aromatic heterocycles. The number of nitrogens with zero attached hydrogens (tertiary/aromatic N) is 1. The van der Waals surface area contributed by atoms with E-state index in [1.807, 2.05) is 0 Å². The van der Waals surface area contributed by atoms with Crippen LogP contribution in [0.4, 0.5) is 8.78 Å². The van der Waals surface area contributed by atoms with Crippen LogP contribution in [0.3, 0.4) is 0 Å². The third-order valence-corrected chi connectivity index (χ3v) is 5.54. The lowest BCUT2D eigenvalue weighted by molar-refractivity contribution is 0.309. The van der Waals surface area contributed by atoms with Gasteiger partial charge in [0.25, 0.3) is 0 Å². The van der Waals surface area contributed by atoms with Crippen LogP contribution in [0, 0.1) is 11.6 Å². The fourth-order valence-corrected chi connectivity index (χ4v) is 3.86.